The van der Waals surface area contributed by atoms with Crippen LogP contribution in [-0.2, 0) is 25.6 Å². The Hall–Kier alpha value is -2.35. The van der Waals surface area contributed by atoms with Gasteiger partial charge in [-0.1, -0.05) is 0 Å². The molecule has 23 heavy (non-hydrogen) atoms. The number of halogens is 1. The molecule has 7 nitrogen and oxygen atoms in total. The third-order valence-corrected chi connectivity index (χ3v) is 3.48. The normalized spacial score (nSPS) is 20.4. The maximum absolute atomic E-state index is 12.9. The summed E-state index contributed by atoms with van der Waals surface area (Å²) in [6.45, 7) is 3.49. The molecule has 2 atom stereocenters. The minimum atomic E-state index is -0.891. The minimum Gasteiger partial charge on any atom is -0.355 e. The Morgan fingerprint density at radius 1 is 1.48 bits per heavy atom. The number of rotatable bonds is 6. The van der Waals surface area contributed by atoms with Crippen LogP contribution in [0.2, 0.25) is 0 Å². The van der Waals surface area contributed by atoms with Crippen molar-refractivity contribution in [1.82, 2.24) is 15.8 Å². The molecule has 1 aromatic heterocycles. The van der Waals surface area contributed by atoms with Crippen molar-refractivity contribution in [1.29, 1.82) is 0 Å². The van der Waals surface area contributed by atoms with Crippen molar-refractivity contribution in [3.05, 3.63) is 29.8 Å². The number of amides is 2. The van der Waals surface area contributed by atoms with E-state index in [4.69, 9.17) is 4.84 Å². The average Bonchev–Trinajstić information content (AvgIpc) is 2.87. The van der Waals surface area contributed by atoms with Crippen molar-refractivity contribution >= 4 is 17.6 Å². The molecule has 0 unspecified atom stereocenters. The molecule has 2 amide bonds. The molecule has 1 aliphatic heterocycles. The molecule has 0 bridgehead atoms. The fourth-order valence-corrected chi connectivity index (χ4v) is 2.32. The second-order valence-electron chi connectivity index (χ2n) is 5.59. The number of hydroxylamine groups is 1. The molecular formula is C15H18FN3O4. The standard InChI is InChI=1S/C15H18FN3O4/c1-8(2)23-19-15(22)13(20)12-7-18-14(21)11(12)5-10-4-3-9(16)6-17-10/h3-4,6,8,11-12H,5,7H2,1-2H3,(H,18,21)(H,19,22)/t11-,12+/m1/s1. The van der Waals surface area contributed by atoms with Gasteiger partial charge in [0.15, 0.2) is 0 Å². The van der Waals surface area contributed by atoms with Gasteiger partial charge in [-0.3, -0.25) is 24.2 Å². The van der Waals surface area contributed by atoms with Crippen LogP contribution in [-0.4, -0.2) is 35.2 Å². The number of carbonyl (C=O) groups excluding carboxylic acids is 3. The van der Waals surface area contributed by atoms with Crippen molar-refractivity contribution in [2.75, 3.05) is 6.54 Å². The molecule has 0 aromatic carbocycles. The maximum Gasteiger partial charge on any atom is 0.311 e. The highest BCUT2D eigenvalue weighted by molar-refractivity contribution is 6.37. The zero-order chi connectivity index (χ0) is 17.0. The highest BCUT2D eigenvalue weighted by Crippen LogP contribution is 2.23. The Bertz CT molecular complexity index is 603. The van der Waals surface area contributed by atoms with E-state index >= 15 is 0 Å². The molecule has 0 saturated carbocycles. The third kappa shape index (κ3) is 4.32. The van der Waals surface area contributed by atoms with Gasteiger partial charge >= 0.3 is 5.91 Å². The molecule has 0 aliphatic carbocycles. The predicted octanol–water partition coefficient (Wildman–Crippen LogP) is 0.151. The summed E-state index contributed by atoms with van der Waals surface area (Å²) in [7, 11) is 0. The Morgan fingerprint density at radius 2 is 2.22 bits per heavy atom. The molecular weight excluding hydrogens is 305 g/mol. The van der Waals surface area contributed by atoms with Crippen LogP contribution < -0.4 is 10.8 Å². The van der Waals surface area contributed by atoms with E-state index in [0.29, 0.717) is 5.69 Å². The van der Waals surface area contributed by atoms with Crippen molar-refractivity contribution < 1.29 is 23.6 Å². The summed E-state index contributed by atoms with van der Waals surface area (Å²) in [4.78, 5) is 44.7. The summed E-state index contributed by atoms with van der Waals surface area (Å²) in [6, 6.07) is 2.68. The van der Waals surface area contributed by atoms with Gasteiger partial charge in [-0.15, -0.1) is 0 Å². The molecule has 1 aliphatic rings. The lowest BCUT2D eigenvalue weighted by atomic mass is 9.87. The molecule has 1 aromatic rings. The average molecular weight is 323 g/mol. The van der Waals surface area contributed by atoms with Crippen molar-refractivity contribution in [3.8, 4) is 0 Å². The van der Waals surface area contributed by atoms with Gasteiger partial charge in [-0.2, -0.15) is 0 Å². The van der Waals surface area contributed by atoms with Gasteiger partial charge in [0.05, 0.1) is 24.1 Å². The smallest absolute Gasteiger partial charge is 0.311 e. The van der Waals surface area contributed by atoms with Gasteiger partial charge < -0.3 is 5.32 Å². The lowest BCUT2D eigenvalue weighted by molar-refractivity contribution is -0.150. The summed E-state index contributed by atoms with van der Waals surface area (Å²) in [5, 5.41) is 2.57. The molecule has 1 fully saturated rings. The Balaban J connectivity index is 2.05. The quantitative estimate of drug-likeness (QED) is 0.574. The molecule has 2 rings (SSSR count). The molecule has 124 valence electrons. The van der Waals surface area contributed by atoms with Crippen molar-refractivity contribution in [2.24, 2.45) is 11.8 Å². The number of hydrogen-bond donors (Lipinski definition) is 2. The van der Waals surface area contributed by atoms with Crippen LogP contribution in [0, 0.1) is 17.7 Å². The number of carbonyl (C=O) groups is 3. The van der Waals surface area contributed by atoms with E-state index in [2.05, 4.69) is 15.8 Å². The highest BCUT2D eigenvalue weighted by Gasteiger charge is 2.42. The molecule has 8 heteroatoms. The summed E-state index contributed by atoms with van der Waals surface area (Å²) < 4.78 is 12.9. The Kier molecular flexibility index (Phi) is 5.38. The van der Waals surface area contributed by atoms with Gasteiger partial charge in [0.1, 0.15) is 5.82 Å². The highest BCUT2D eigenvalue weighted by atomic mass is 19.1. The maximum atomic E-state index is 12.9. The predicted molar refractivity (Wildman–Crippen MR) is 77.3 cm³/mol. The number of hydrogen-bond acceptors (Lipinski definition) is 5. The summed E-state index contributed by atoms with van der Waals surface area (Å²) in [5.41, 5.74) is 2.55. The lowest BCUT2D eigenvalue weighted by Gasteiger charge is -2.15. The summed E-state index contributed by atoms with van der Waals surface area (Å²) in [6.07, 6.45) is 0.928. The molecule has 2 N–H and O–H groups in total. The van der Waals surface area contributed by atoms with Crippen LogP contribution >= 0.6 is 0 Å². The lowest BCUT2D eigenvalue weighted by Crippen LogP contribution is -2.40. The van der Waals surface area contributed by atoms with E-state index in [-0.39, 0.29) is 25.0 Å². The van der Waals surface area contributed by atoms with Crippen molar-refractivity contribution in [2.45, 2.75) is 26.4 Å². The van der Waals surface area contributed by atoms with Gasteiger partial charge in [0, 0.05) is 18.7 Å². The van der Waals surface area contributed by atoms with E-state index in [1.807, 2.05) is 0 Å². The zero-order valence-electron chi connectivity index (χ0n) is 12.8. The second-order valence-corrected chi connectivity index (χ2v) is 5.59. The zero-order valence-corrected chi connectivity index (χ0v) is 12.8. The fraction of sp³-hybridized carbons (Fsp3) is 0.467. The van der Waals surface area contributed by atoms with E-state index in [1.165, 1.54) is 12.1 Å². The van der Waals surface area contributed by atoms with Gasteiger partial charge in [0.2, 0.25) is 11.7 Å². The molecule has 2 heterocycles. The molecule has 0 spiro atoms. The number of ketones is 1. The largest absolute Gasteiger partial charge is 0.355 e. The number of nitrogens with one attached hydrogen (secondary N) is 2. The first-order chi connectivity index (χ1) is 10.9. The van der Waals surface area contributed by atoms with E-state index in [9.17, 15) is 18.8 Å². The monoisotopic (exact) mass is 323 g/mol. The van der Waals surface area contributed by atoms with Gasteiger partial charge in [-0.05, 0) is 26.0 Å². The molecule has 1 saturated heterocycles. The van der Waals surface area contributed by atoms with Crippen LogP contribution in [0.4, 0.5) is 4.39 Å². The van der Waals surface area contributed by atoms with Gasteiger partial charge in [0.25, 0.3) is 0 Å². The fourth-order valence-electron chi connectivity index (χ4n) is 2.32. The first-order valence-corrected chi connectivity index (χ1v) is 7.26. The number of nitrogens with zero attached hydrogens (tertiary/aromatic N) is 1. The number of Topliss-reactive ketones (excluding diaryl/α,β-unsaturated/α-hetero) is 1. The van der Waals surface area contributed by atoms with E-state index in [0.717, 1.165) is 6.20 Å². The first-order valence-electron chi connectivity index (χ1n) is 7.26. The topological polar surface area (TPSA) is 97.4 Å². The van der Waals surface area contributed by atoms with Crippen LogP contribution in [0.5, 0.6) is 0 Å². The number of aromatic nitrogens is 1. The molecule has 0 radical (unpaired) electrons. The van der Waals surface area contributed by atoms with Crippen LogP contribution in [0.25, 0.3) is 0 Å². The van der Waals surface area contributed by atoms with Crippen LogP contribution in [0.15, 0.2) is 18.3 Å². The third-order valence-electron chi connectivity index (χ3n) is 3.48. The van der Waals surface area contributed by atoms with Crippen molar-refractivity contribution in [3.63, 3.8) is 0 Å². The second kappa shape index (κ2) is 7.28. The Morgan fingerprint density at radius 3 is 2.83 bits per heavy atom. The van der Waals surface area contributed by atoms with Crippen LogP contribution in [0.3, 0.4) is 0 Å². The first kappa shape index (κ1) is 17.0. The van der Waals surface area contributed by atoms with E-state index in [1.54, 1.807) is 13.8 Å². The SMILES string of the molecule is CC(C)ONC(=O)C(=O)[C@H]1CNC(=O)[C@@H]1Cc1ccc(F)cn1. The summed E-state index contributed by atoms with van der Waals surface area (Å²) in [5.74, 6) is -3.95. The van der Waals surface area contributed by atoms with Gasteiger partial charge in [-0.25, -0.2) is 9.87 Å². The van der Waals surface area contributed by atoms with E-state index < -0.39 is 29.3 Å². The minimum absolute atomic E-state index is 0.0820. The summed E-state index contributed by atoms with van der Waals surface area (Å²) >= 11 is 0. The number of pyridine rings is 1. The van der Waals surface area contributed by atoms with Crippen LogP contribution in [0.1, 0.15) is 19.5 Å². The Labute approximate surface area is 132 Å².